The molecule has 0 saturated carbocycles. The molecule has 6 heteroatoms. The molecule has 0 spiro atoms. The summed E-state index contributed by atoms with van der Waals surface area (Å²) in [6.07, 6.45) is 0.250. The van der Waals surface area contributed by atoms with Crippen LogP contribution in [0.3, 0.4) is 0 Å². The van der Waals surface area contributed by atoms with Crippen molar-refractivity contribution in [1.82, 2.24) is 0 Å². The molecule has 0 bridgehead atoms. The Labute approximate surface area is 78.0 Å². The van der Waals surface area contributed by atoms with Crippen molar-refractivity contribution in [2.75, 3.05) is 0 Å². The Bertz CT molecular complexity index is 364. The zero-order valence-electron chi connectivity index (χ0n) is 6.80. The molecule has 1 aromatic carbocycles. The average molecular weight is 198 g/mol. The van der Waals surface area contributed by atoms with Crippen molar-refractivity contribution in [3.63, 3.8) is 0 Å². The van der Waals surface area contributed by atoms with Gasteiger partial charge in [0, 0.05) is 0 Å². The van der Waals surface area contributed by atoms with Gasteiger partial charge in [-0.25, -0.2) is 4.79 Å². The number of benzene rings is 1. The summed E-state index contributed by atoms with van der Waals surface area (Å²) in [7, 11) is 0. The maximum absolute atomic E-state index is 10.3. The van der Waals surface area contributed by atoms with E-state index in [0.29, 0.717) is 0 Å². The number of hydrogen-bond donors (Lipinski definition) is 3. The Morgan fingerprint density at radius 1 is 1.21 bits per heavy atom. The number of carbonyl (C=O) groups is 1. The van der Waals surface area contributed by atoms with Crippen LogP contribution in [0.15, 0.2) is 18.2 Å². The monoisotopic (exact) mass is 198 g/mol. The Morgan fingerprint density at radius 3 is 2.07 bits per heavy atom. The van der Waals surface area contributed by atoms with Gasteiger partial charge in [-0.2, -0.15) is 9.59 Å². The number of carbonyl (C=O) groups excluding carboxylic acids is 2. The molecule has 0 aliphatic heterocycles. The van der Waals surface area contributed by atoms with Crippen LogP contribution >= 0.6 is 0 Å². The number of phenols is 2. The number of aromatic carboxylic acids is 1. The molecule has 0 unspecified atom stereocenters. The maximum atomic E-state index is 10.3. The highest BCUT2D eigenvalue weighted by atomic mass is 16.4. The quantitative estimate of drug-likeness (QED) is 0.556. The third-order valence-electron chi connectivity index (χ3n) is 1.21. The lowest BCUT2D eigenvalue weighted by Crippen LogP contribution is -1.95. The van der Waals surface area contributed by atoms with Crippen molar-refractivity contribution in [3.8, 4) is 11.5 Å². The molecule has 0 heterocycles. The predicted octanol–water partition coefficient (Wildman–Crippen LogP) is 0.213. The van der Waals surface area contributed by atoms with Crippen LogP contribution < -0.4 is 0 Å². The standard InChI is InChI=1S/C7H6O4.CO2/c8-4-1-2-6(9)5(3-4)7(10)11;2-1-3/h1-3,8-9H,(H,10,11);. The minimum atomic E-state index is -1.27. The average Bonchev–Trinajstić information content (AvgIpc) is 2.10. The third-order valence-corrected chi connectivity index (χ3v) is 1.21. The van der Waals surface area contributed by atoms with Crippen LogP contribution in [0.1, 0.15) is 10.4 Å². The lowest BCUT2D eigenvalue weighted by Gasteiger charge is -1.98. The van der Waals surface area contributed by atoms with Crippen LogP contribution in [0.2, 0.25) is 0 Å². The van der Waals surface area contributed by atoms with Crippen molar-refractivity contribution in [2.24, 2.45) is 0 Å². The van der Waals surface area contributed by atoms with Gasteiger partial charge in [0.2, 0.25) is 0 Å². The van der Waals surface area contributed by atoms with E-state index in [0.717, 1.165) is 12.1 Å². The van der Waals surface area contributed by atoms with E-state index in [1.54, 1.807) is 0 Å². The summed E-state index contributed by atoms with van der Waals surface area (Å²) >= 11 is 0. The normalized spacial score (nSPS) is 8.00. The van der Waals surface area contributed by atoms with E-state index in [1.807, 2.05) is 0 Å². The number of rotatable bonds is 1. The molecular formula is C8H6O6. The lowest BCUT2D eigenvalue weighted by atomic mass is 10.2. The van der Waals surface area contributed by atoms with Crippen LogP contribution in [-0.2, 0) is 9.59 Å². The summed E-state index contributed by atoms with van der Waals surface area (Å²) < 4.78 is 0. The summed E-state index contributed by atoms with van der Waals surface area (Å²) in [6.45, 7) is 0. The number of carboxylic acids is 1. The highest BCUT2D eigenvalue weighted by Gasteiger charge is 2.08. The second-order valence-electron chi connectivity index (χ2n) is 2.09. The van der Waals surface area contributed by atoms with E-state index in [2.05, 4.69) is 0 Å². The molecule has 0 aliphatic rings. The highest BCUT2D eigenvalue weighted by Crippen LogP contribution is 2.21. The van der Waals surface area contributed by atoms with Crippen molar-refractivity contribution in [1.29, 1.82) is 0 Å². The Morgan fingerprint density at radius 2 is 1.71 bits per heavy atom. The minimum Gasteiger partial charge on any atom is -0.508 e. The lowest BCUT2D eigenvalue weighted by molar-refractivity contribution is -0.191. The van der Waals surface area contributed by atoms with E-state index in [-0.39, 0.29) is 23.2 Å². The largest absolute Gasteiger partial charge is 0.508 e. The molecular weight excluding hydrogens is 192 g/mol. The number of hydrogen-bond acceptors (Lipinski definition) is 5. The molecule has 14 heavy (non-hydrogen) atoms. The Balaban J connectivity index is 0.000000500. The zero-order chi connectivity index (χ0) is 11.1. The molecule has 0 aliphatic carbocycles. The fraction of sp³-hybridized carbons (Fsp3) is 0. The summed E-state index contributed by atoms with van der Waals surface area (Å²) in [6, 6.07) is 3.32. The number of carboxylic acid groups (broad SMARTS) is 1. The van der Waals surface area contributed by atoms with E-state index in [4.69, 9.17) is 24.9 Å². The van der Waals surface area contributed by atoms with Gasteiger partial charge in [0.1, 0.15) is 17.1 Å². The molecule has 0 atom stereocenters. The van der Waals surface area contributed by atoms with Crippen LogP contribution in [0, 0.1) is 0 Å². The summed E-state index contributed by atoms with van der Waals surface area (Å²) in [5.74, 6) is -1.80. The maximum Gasteiger partial charge on any atom is 0.373 e. The topological polar surface area (TPSA) is 112 Å². The van der Waals surface area contributed by atoms with Crippen LogP contribution in [0.5, 0.6) is 11.5 Å². The fourth-order valence-corrected chi connectivity index (χ4v) is 0.695. The second kappa shape index (κ2) is 5.34. The minimum absolute atomic E-state index is 0.180. The molecule has 1 rings (SSSR count). The first-order valence-electron chi connectivity index (χ1n) is 3.27. The van der Waals surface area contributed by atoms with Crippen LogP contribution in [0.4, 0.5) is 0 Å². The van der Waals surface area contributed by atoms with Crippen molar-refractivity contribution in [2.45, 2.75) is 0 Å². The summed E-state index contributed by atoms with van der Waals surface area (Å²) in [4.78, 5) is 26.6. The first-order valence-corrected chi connectivity index (χ1v) is 3.27. The molecule has 0 saturated heterocycles. The first kappa shape index (κ1) is 11.7. The predicted molar refractivity (Wildman–Crippen MR) is 41.7 cm³/mol. The van der Waals surface area contributed by atoms with Gasteiger partial charge in [0.05, 0.1) is 0 Å². The van der Waals surface area contributed by atoms with Gasteiger partial charge >= 0.3 is 12.1 Å². The van der Waals surface area contributed by atoms with E-state index in [1.165, 1.54) is 6.07 Å². The van der Waals surface area contributed by atoms with Crippen LogP contribution in [0.25, 0.3) is 0 Å². The Kier molecular flexibility index (Phi) is 4.45. The fourth-order valence-electron chi connectivity index (χ4n) is 0.695. The van der Waals surface area contributed by atoms with Gasteiger partial charge in [-0.15, -0.1) is 0 Å². The smallest absolute Gasteiger partial charge is 0.373 e. The van der Waals surface area contributed by atoms with Crippen molar-refractivity contribution >= 4 is 12.1 Å². The molecule has 3 N–H and O–H groups in total. The van der Waals surface area contributed by atoms with Crippen molar-refractivity contribution in [3.05, 3.63) is 23.8 Å². The molecule has 0 radical (unpaired) electrons. The summed E-state index contributed by atoms with van der Waals surface area (Å²) in [5, 5.41) is 26.1. The number of aromatic hydroxyl groups is 2. The van der Waals surface area contributed by atoms with Gasteiger partial charge in [-0.1, -0.05) is 0 Å². The zero-order valence-corrected chi connectivity index (χ0v) is 6.80. The van der Waals surface area contributed by atoms with Gasteiger partial charge in [-0.05, 0) is 18.2 Å². The second-order valence-corrected chi connectivity index (χ2v) is 2.09. The molecule has 0 fully saturated rings. The molecule has 6 nitrogen and oxygen atoms in total. The van der Waals surface area contributed by atoms with Crippen molar-refractivity contribution < 1.29 is 29.7 Å². The van der Waals surface area contributed by atoms with E-state index >= 15 is 0 Å². The molecule has 74 valence electrons. The van der Waals surface area contributed by atoms with E-state index < -0.39 is 5.97 Å². The molecule has 0 amide bonds. The molecule has 0 aromatic heterocycles. The van der Waals surface area contributed by atoms with Crippen LogP contribution in [-0.4, -0.2) is 27.4 Å². The molecule has 1 aromatic rings. The third kappa shape index (κ3) is 3.38. The van der Waals surface area contributed by atoms with Gasteiger partial charge < -0.3 is 15.3 Å². The van der Waals surface area contributed by atoms with Gasteiger partial charge in [0.25, 0.3) is 0 Å². The Hall–Kier alpha value is -2.33. The van der Waals surface area contributed by atoms with Gasteiger partial charge in [0.15, 0.2) is 0 Å². The highest BCUT2D eigenvalue weighted by molar-refractivity contribution is 5.91. The van der Waals surface area contributed by atoms with E-state index in [9.17, 15) is 4.79 Å². The SMILES string of the molecule is O=C(O)c1cc(O)ccc1O.O=C=O. The van der Waals surface area contributed by atoms with Gasteiger partial charge in [-0.3, -0.25) is 0 Å². The number of phenolic OH excluding ortho intramolecular Hbond substituents is 1. The summed E-state index contributed by atoms with van der Waals surface area (Å²) in [5.41, 5.74) is -0.301. The first-order chi connectivity index (χ1) is 6.52.